The molecular formula is C26H34N8O2S. The summed E-state index contributed by atoms with van der Waals surface area (Å²) >= 11 is 1.57. The van der Waals surface area contributed by atoms with Crippen LogP contribution in [-0.4, -0.2) is 42.9 Å². The van der Waals surface area contributed by atoms with Crippen molar-refractivity contribution in [1.82, 2.24) is 29.9 Å². The highest BCUT2D eigenvalue weighted by atomic mass is 32.1. The number of hydrogen-bond donors (Lipinski definition) is 3. The monoisotopic (exact) mass is 522 g/mol. The molecule has 1 atom stereocenters. The van der Waals surface area contributed by atoms with E-state index in [-0.39, 0.29) is 23.8 Å². The molecule has 196 valence electrons. The number of thiophene rings is 1. The van der Waals surface area contributed by atoms with Gasteiger partial charge in [-0.1, -0.05) is 13.8 Å². The first-order valence-corrected chi connectivity index (χ1v) is 14.1. The van der Waals surface area contributed by atoms with E-state index in [0.29, 0.717) is 41.3 Å². The van der Waals surface area contributed by atoms with E-state index in [1.807, 2.05) is 17.8 Å². The summed E-state index contributed by atoms with van der Waals surface area (Å²) in [6, 6.07) is 2.14. The number of nitrogens with one attached hydrogen (secondary N) is 3. The van der Waals surface area contributed by atoms with Crippen molar-refractivity contribution >= 4 is 39.9 Å². The predicted molar refractivity (Wildman–Crippen MR) is 142 cm³/mol. The minimum absolute atomic E-state index is 0.0358. The normalized spacial score (nSPS) is 19.1. The van der Waals surface area contributed by atoms with E-state index in [9.17, 15) is 9.59 Å². The third-order valence-corrected chi connectivity index (χ3v) is 8.80. The fourth-order valence-electron chi connectivity index (χ4n) is 4.94. The van der Waals surface area contributed by atoms with Crippen LogP contribution in [0.1, 0.15) is 84.4 Å². The van der Waals surface area contributed by atoms with Gasteiger partial charge in [-0.25, -0.2) is 0 Å². The van der Waals surface area contributed by atoms with Gasteiger partial charge < -0.3 is 16.0 Å². The molecular weight excluding hydrogens is 488 g/mol. The lowest BCUT2D eigenvalue weighted by Crippen LogP contribution is -2.28. The average Bonchev–Trinajstić information content (AvgIpc) is 3.78. The van der Waals surface area contributed by atoms with Crippen LogP contribution in [0.5, 0.6) is 0 Å². The minimum Gasteiger partial charge on any atom is -0.352 e. The molecule has 0 saturated heterocycles. The van der Waals surface area contributed by atoms with E-state index in [2.05, 4.69) is 49.7 Å². The van der Waals surface area contributed by atoms with Crippen LogP contribution in [-0.2, 0) is 24.7 Å². The Kier molecular flexibility index (Phi) is 6.26. The first kappa shape index (κ1) is 24.1. The zero-order valence-electron chi connectivity index (χ0n) is 21.6. The second-order valence-electron chi connectivity index (χ2n) is 10.9. The summed E-state index contributed by atoms with van der Waals surface area (Å²) in [5, 5.41) is 23.5. The fourth-order valence-corrected chi connectivity index (χ4v) is 6.18. The maximum atomic E-state index is 13.4. The van der Waals surface area contributed by atoms with Gasteiger partial charge in [-0.2, -0.15) is 5.10 Å². The third kappa shape index (κ3) is 5.01. The molecule has 2 saturated carbocycles. The number of carbonyl (C=O) groups is 2. The molecule has 0 aromatic carbocycles. The summed E-state index contributed by atoms with van der Waals surface area (Å²) in [6.07, 6.45) is 8.40. The van der Waals surface area contributed by atoms with Crippen molar-refractivity contribution in [2.45, 2.75) is 70.8 Å². The van der Waals surface area contributed by atoms with Crippen LogP contribution >= 0.6 is 11.3 Å². The van der Waals surface area contributed by atoms with Gasteiger partial charge in [0.2, 0.25) is 11.9 Å². The fraction of sp³-hybridized carbons (Fsp3) is 0.577. The zero-order valence-corrected chi connectivity index (χ0v) is 22.4. The number of anilines is 3. The summed E-state index contributed by atoms with van der Waals surface area (Å²) in [4.78, 5) is 27.2. The summed E-state index contributed by atoms with van der Waals surface area (Å²) in [5.74, 6) is 2.48. The Morgan fingerprint density at radius 3 is 2.70 bits per heavy atom. The highest BCUT2D eigenvalue weighted by molar-refractivity contribution is 7.17. The first-order valence-electron chi connectivity index (χ1n) is 13.3. The molecule has 10 nitrogen and oxygen atoms in total. The zero-order chi connectivity index (χ0) is 25.7. The predicted octanol–water partition coefficient (Wildman–Crippen LogP) is 4.16. The summed E-state index contributed by atoms with van der Waals surface area (Å²) in [6.45, 7) is 4.94. The van der Waals surface area contributed by atoms with Gasteiger partial charge in [0.05, 0.1) is 11.3 Å². The van der Waals surface area contributed by atoms with E-state index in [4.69, 9.17) is 0 Å². The molecule has 0 aliphatic heterocycles. The van der Waals surface area contributed by atoms with Crippen molar-refractivity contribution < 1.29 is 9.59 Å². The van der Waals surface area contributed by atoms with E-state index < -0.39 is 0 Å². The molecule has 3 heterocycles. The van der Waals surface area contributed by atoms with Gasteiger partial charge in [0, 0.05) is 36.5 Å². The van der Waals surface area contributed by atoms with Crippen LogP contribution in [0.25, 0.3) is 0 Å². The van der Waals surface area contributed by atoms with Gasteiger partial charge in [0.25, 0.3) is 5.91 Å². The number of fused-ring (bicyclic) bond motifs is 1. The standard InChI is InChI=1S/C26H34N8O2S/c1-14(2)19-11-21(33(3)32-19)29-26-31-28-13-34(26)17-8-9-20-18(10-17)22(24(36)27-12-15-4-5-15)25(37-20)30-23(35)16-6-7-16/h11,13-17H,4-10,12H2,1-3H3,(H,27,36)(H,29,31)(H,30,35)/t17-/m0/s1. The molecule has 0 radical (unpaired) electrons. The summed E-state index contributed by atoms with van der Waals surface area (Å²) in [7, 11) is 1.91. The third-order valence-electron chi connectivity index (χ3n) is 7.59. The average molecular weight is 523 g/mol. The van der Waals surface area contributed by atoms with Crippen LogP contribution < -0.4 is 16.0 Å². The van der Waals surface area contributed by atoms with Gasteiger partial charge in [-0.3, -0.25) is 18.8 Å². The minimum atomic E-state index is -0.0747. The van der Waals surface area contributed by atoms with E-state index in [0.717, 1.165) is 42.8 Å². The molecule has 0 spiro atoms. The molecule has 2 amide bonds. The molecule has 3 aromatic heterocycles. The smallest absolute Gasteiger partial charge is 0.254 e. The SMILES string of the molecule is CC(C)c1cc(Nc2nncn2[C@H]2CCc3sc(NC(=O)C4CC4)c(C(=O)NCC4CC4)c3C2)n(C)n1. The Morgan fingerprint density at radius 1 is 1.19 bits per heavy atom. The number of nitrogens with zero attached hydrogens (tertiary/aromatic N) is 5. The maximum Gasteiger partial charge on any atom is 0.254 e. The van der Waals surface area contributed by atoms with Gasteiger partial charge in [-0.15, -0.1) is 21.5 Å². The number of rotatable bonds is 9. The summed E-state index contributed by atoms with van der Waals surface area (Å²) < 4.78 is 3.89. The van der Waals surface area contributed by atoms with Gasteiger partial charge in [0.15, 0.2) is 0 Å². The molecule has 37 heavy (non-hydrogen) atoms. The van der Waals surface area contributed by atoms with Crippen molar-refractivity contribution in [2.75, 3.05) is 17.2 Å². The molecule has 11 heteroatoms. The van der Waals surface area contributed by atoms with Gasteiger partial charge >= 0.3 is 0 Å². The first-order chi connectivity index (χ1) is 17.9. The second-order valence-corrected chi connectivity index (χ2v) is 12.0. The second kappa shape index (κ2) is 9.59. The molecule has 3 aromatic rings. The van der Waals surface area contributed by atoms with E-state index in [1.165, 1.54) is 17.7 Å². The Balaban J connectivity index is 1.26. The van der Waals surface area contributed by atoms with E-state index in [1.54, 1.807) is 17.7 Å². The Labute approximate surface area is 220 Å². The maximum absolute atomic E-state index is 13.4. The number of aryl methyl sites for hydroxylation is 2. The van der Waals surface area contributed by atoms with Crippen molar-refractivity contribution in [3.8, 4) is 0 Å². The van der Waals surface area contributed by atoms with Gasteiger partial charge in [-0.05, 0) is 62.3 Å². The number of aromatic nitrogens is 5. The van der Waals surface area contributed by atoms with Crippen LogP contribution in [0.3, 0.4) is 0 Å². The highest BCUT2D eigenvalue weighted by Crippen LogP contribution is 2.43. The van der Waals surface area contributed by atoms with Crippen LogP contribution in [0.15, 0.2) is 12.4 Å². The van der Waals surface area contributed by atoms with Crippen molar-refractivity contribution in [1.29, 1.82) is 0 Å². The molecule has 0 unspecified atom stereocenters. The number of hydrogen-bond acceptors (Lipinski definition) is 7. The Morgan fingerprint density at radius 2 is 2.00 bits per heavy atom. The highest BCUT2D eigenvalue weighted by Gasteiger charge is 2.35. The Bertz CT molecular complexity index is 1330. The number of amides is 2. The molecule has 3 aliphatic rings. The molecule has 2 fully saturated rings. The van der Waals surface area contributed by atoms with Crippen molar-refractivity contribution in [3.05, 3.63) is 34.1 Å². The van der Waals surface area contributed by atoms with E-state index >= 15 is 0 Å². The van der Waals surface area contributed by atoms with Crippen LogP contribution in [0, 0.1) is 11.8 Å². The quantitative estimate of drug-likeness (QED) is 0.388. The van der Waals surface area contributed by atoms with Gasteiger partial charge in [0.1, 0.15) is 17.1 Å². The molecule has 6 rings (SSSR count). The molecule has 3 N–H and O–H groups in total. The summed E-state index contributed by atoms with van der Waals surface area (Å²) in [5.41, 5.74) is 2.71. The molecule has 3 aliphatic carbocycles. The van der Waals surface area contributed by atoms with Crippen LogP contribution in [0.2, 0.25) is 0 Å². The topological polar surface area (TPSA) is 119 Å². The number of carbonyl (C=O) groups excluding carboxylic acids is 2. The lowest BCUT2D eigenvalue weighted by atomic mass is 9.91. The van der Waals surface area contributed by atoms with Crippen molar-refractivity contribution in [3.63, 3.8) is 0 Å². The van der Waals surface area contributed by atoms with Crippen LogP contribution in [0.4, 0.5) is 16.8 Å². The lowest BCUT2D eigenvalue weighted by Gasteiger charge is -2.25. The molecule has 0 bridgehead atoms. The van der Waals surface area contributed by atoms with Crippen molar-refractivity contribution in [2.24, 2.45) is 18.9 Å². The Hall–Kier alpha value is -3.21. The lowest BCUT2D eigenvalue weighted by molar-refractivity contribution is -0.117. The largest absolute Gasteiger partial charge is 0.352 e.